The van der Waals surface area contributed by atoms with E-state index in [0.717, 1.165) is 0 Å². The Labute approximate surface area is 54.9 Å². The van der Waals surface area contributed by atoms with Crippen molar-refractivity contribution >= 4 is 0 Å². The molecule has 0 aromatic carbocycles. The van der Waals surface area contributed by atoms with Crippen LogP contribution >= 0.6 is 0 Å². The fraction of sp³-hybridized carbons (Fsp3) is 1.00. The summed E-state index contributed by atoms with van der Waals surface area (Å²) in [6.45, 7) is 0. The second kappa shape index (κ2) is 1.61. The SMILES string of the molecule is C1CC2C[C@@H]2C[I-]1. The zero-order valence-electron chi connectivity index (χ0n) is 4.36. The molecular weight excluding hydrogens is 199 g/mol. The van der Waals surface area contributed by atoms with Crippen molar-refractivity contribution < 1.29 is 21.2 Å². The van der Waals surface area contributed by atoms with Crippen molar-refractivity contribution in [3.8, 4) is 0 Å². The summed E-state index contributed by atoms with van der Waals surface area (Å²) in [5.74, 6) is 2.48. The monoisotopic (exact) mass is 209 g/mol. The fourth-order valence-corrected chi connectivity index (χ4v) is 4.85. The molecule has 1 unspecified atom stereocenters. The van der Waals surface area contributed by atoms with Crippen LogP contribution in [0.4, 0.5) is 0 Å². The van der Waals surface area contributed by atoms with Crippen LogP contribution in [0.15, 0.2) is 0 Å². The van der Waals surface area contributed by atoms with Crippen molar-refractivity contribution in [2.45, 2.75) is 12.8 Å². The third kappa shape index (κ3) is 0.799. The maximum atomic E-state index is 1.67. The van der Waals surface area contributed by atoms with E-state index in [2.05, 4.69) is 0 Å². The quantitative estimate of drug-likeness (QED) is 0.323. The molecule has 42 valence electrons. The molecule has 0 nitrogen and oxygen atoms in total. The second-order valence-corrected chi connectivity index (χ2v) is 5.62. The summed E-state index contributed by atoms with van der Waals surface area (Å²) in [7, 11) is 0. The molecule has 2 atom stereocenters. The first-order chi connectivity index (χ1) is 3.47. The van der Waals surface area contributed by atoms with Gasteiger partial charge in [-0.1, -0.05) is 0 Å². The van der Waals surface area contributed by atoms with Gasteiger partial charge >= 0.3 is 54.7 Å². The summed E-state index contributed by atoms with van der Waals surface area (Å²) in [4.78, 5) is 0. The number of halogens is 1. The van der Waals surface area contributed by atoms with Crippen molar-refractivity contribution in [1.82, 2.24) is 0 Å². The van der Waals surface area contributed by atoms with Crippen LogP contribution < -0.4 is 21.2 Å². The molecule has 1 saturated carbocycles. The Kier molecular flexibility index (Phi) is 1.05. The van der Waals surface area contributed by atoms with E-state index < -0.39 is 0 Å². The van der Waals surface area contributed by atoms with Gasteiger partial charge in [0.2, 0.25) is 0 Å². The molecule has 0 radical (unpaired) electrons. The Bertz CT molecular complexity index is 70.2. The topological polar surface area (TPSA) is 0 Å². The van der Waals surface area contributed by atoms with Gasteiger partial charge in [-0.2, -0.15) is 0 Å². The van der Waals surface area contributed by atoms with E-state index in [1.54, 1.807) is 21.7 Å². The third-order valence-electron chi connectivity index (χ3n) is 1.99. The summed E-state index contributed by atoms with van der Waals surface area (Å²) in [6.07, 6.45) is 3.22. The fourth-order valence-electron chi connectivity index (χ4n) is 1.29. The average Bonchev–Trinajstić information content (AvgIpc) is 2.41. The molecule has 0 spiro atoms. The molecule has 1 heteroatoms. The Morgan fingerprint density at radius 2 is 2.29 bits per heavy atom. The van der Waals surface area contributed by atoms with Crippen LogP contribution in [-0.4, -0.2) is 8.86 Å². The summed E-state index contributed by atoms with van der Waals surface area (Å²) in [6, 6.07) is 0. The normalized spacial score (nSPS) is 49.1. The number of alkyl halides is 2. The van der Waals surface area contributed by atoms with Crippen molar-refractivity contribution in [3.05, 3.63) is 0 Å². The Balaban J connectivity index is 1.95. The van der Waals surface area contributed by atoms with Gasteiger partial charge in [0.25, 0.3) is 0 Å². The second-order valence-electron chi connectivity index (χ2n) is 2.58. The zero-order chi connectivity index (χ0) is 4.69. The molecule has 1 saturated heterocycles. The molecule has 2 rings (SSSR count). The van der Waals surface area contributed by atoms with Gasteiger partial charge in [0, 0.05) is 0 Å². The van der Waals surface area contributed by atoms with Crippen LogP contribution in [-0.2, 0) is 0 Å². The minimum atomic E-state index is 0.716. The van der Waals surface area contributed by atoms with Gasteiger partial charge in [-0.15, -0.1) is 0 Å². The predicted molar refractivity (Wildman–Crippen MR) is 25.9 cm³/mol. The van der Waals surface area contributed by atoms with Crippen molar-refractivity contribution in [1.29, 1.82) is 0 Å². The first-order valence-electron chi connectivity index (χ1n) is 3.00. The molecule has 2 aliphatic rings. The van der Waals surface area contributed by atoms with Gasteiger partial charge in [-0.25, -0.2) is 0 Å². The summed E-state index contributed by atoms with van der Waals surface area (Å²) in [5, 5.41) is 0. The zero-order valence-corrected chi connectivity index (χ0v) is 6.52. The molecular formula is C6H10I-. The number of hydrogen-bond donors (Lipinski definition) is 0. The van der Waals surface area contributed by atoms with E-state index in [-0.39, 0.29) is 0 Å². The van der Waals surface area contributed by atoms with E-state index >= 15 is 0 Å². The van der Waals surface area contributed by atoms with E-state index in [9.17, 15) is 0 Å². The first kappa shape index (κ1) is 4.59. The maximum absolute atomic E-state index is 1.67. The van der Waals surface area contributed by atoms with Crippen molar-refractivity contribution in [2.75, 3.05) is 8.86 Å². The first-order valence-corrected chi connectivity index (χ1v) is 6.05. The molecule has 1 aliphatic heterocycles. The Morgan fingerprint density at radius 3 is 2.86 bits per heavy atom. The summed E-state index contributed by atoms with van der Waals surface area (Å²) in [5.41, 5.74) is 0. The van der Waals surface area contributed by atoms with Gasteiger partial charge in [0.1, 0.15) is 0 Å². The van der Waals surface area contributed by atoms with E-state index in [1.807, 2.05) is 0 Å². The van der Waals surface area contributed by atoms with E-state index in [4.69, 9.17) is 0 Å². The van der Waals surface area contributed by atoms with Crippen LogP contribution in [0.5, 0.6) is 0 Å². The van der Waals surface area contributed by atoms with Crippen molar-refractivity contribution in [2.24, 2.45) is 11.8 Å². The molecule has 2 fully saturated rings. The molecule has 0 aromatic rings. The predicted octanol–water partition coefficient (Wildman–Crippen LogP) is -1.88. The van der Waals surface area contributed by atoms with Gasteiger partial charge in [-0.3, -0.25) is 0 Å². The Morgan fingerprint density at radius 1 is 1.29 bits per heavy atom. The van der Waals surface area contributed by atoms with Crippen molar-refractivity contribution in [3.63, 3.8) is 0 Å². The molecule has 0 N–H and O–H groups in total. The van der Waals surface area contributed by atoms with E-state index in [0.29, 0.717) is 21.2 Å². The number of hydrogen-bond acceptors (Lipinski definition) is 0. The molecule has 0 bridgehead atoms. The standard InChI is InChI=1S/C6H10I/c1-2-7-4-6-3-5(1)6/h5-6H,1-4H2/q-1/t5?,6-/m1/s1. The molecule has 0 amide bonds. The minimum absolute atomic E-state index is 0.716. The molecule has 7 heavy (non-hydrogen) atoms. The van der Waals surface area contributed by atoms with Gasteiger partial charge < -0.3 is 0 Å². The van der Waals surface area contributed by atoms with Crippen LogP contribution in [0.25, 0.3) is 0 Å². The molecule has 1 heterocycles. The number of fused-ring (bicyclic) bond motifs is 1. The van der Waals surface area contributed by atoms with Gasteiger partial charge in [0.15, 0.2) is 0 Å². The third-order valence-corrected chi connectivity index (χ3v) is 5.13. The average molecular weight is 209 g/mol. The van der Waals surface area contributed by atoms with Crippen LogP contribution in [0.2, 0.25) is 0 Å². The summed E-state index contributed by atoms with van der Waals surface area (Å²) >= 11 is 0.716. The van der Waals surface area contributed by atoms with Gasteiger partial charge in [0.05, 0.1) is 0 Å². The van der Waals surface area contributed by atoms with E-state index in [1.165, 1.54) is 11.8 Å². The Hall–Kier alpha value is 0.730. The van der Waals surface area contributed by atoms with Gasteiger partial charge in [-0.05, 0) is 0 Å². The van der Waals surface area contributed by atoms with Crippen LogP contribution in [0.1, 0.15) is 12.8 Å². The van der Waals surface area contributed by atoms with Crippen LogP contribution in [0, 0.1) is 11.8 Å². The molecule has 1 aliphatic carbocycles. The molecule has 0 aromatic heterocycles. The van der Waals surface area contributed by atoms with Crippen LogP contribution in [0.3, 0.4) is 0 Å². The number of rotatable bonds is 0. The summed E-state index contributed by atoms with van der Waals surface area (Å²) < 4.78 is 3.31.